The van der Waals surface area contributed by atoms with Gasteiger partial charge < -0.3 is 10.1 Å². The lowest BCUT2D eigenvalue weighted by Crippen LogP contribution is -2.43. The fourth-order valence-electron chi connectivity index (χ4n) is 3.91. The third-order valence-electron chi connectivity index (χ3n) is 5.85. The van der Waals surface area contributed by atoms with Gasteiger partial charge in [-0.3, -0.25) is 4.79 Å². The summed E-state index contributed by atoms with van der Waals surface area (Å²) in [4.78, 5) is 12.8. The maximum atomic E-state index is 13.3. The molecule has 1 N–H and O–H groups in total. The molecule has 1 aliphatic rings. The number of sulfonamides is 1. The molecule has 0 radical (unpaired) electrons. The summed E-state index contributed by atoms with van der Waals surface area (Å²) in [6.45, 7) is 7.20. The predicted octanol–water partition coefficient (Wildman–Crippen LogP) is 3.84. The molecule has 3 rings (SSSR count). The van der Waals surface area contributed by atoms with Gasteiger partial charge in [0.05, 0.1) is 7.11 Å². The first-order valence-electron chi connectivity index (χ1n) is 10.7. The Labute approximate surface area is 185 Å². The van der Waals surface area contributed by atoms with E-state index in [4.69, 9.17) is 4.74 Å². The molecular formula is C24H32N2O4S. The fraction of sp³-hybridized carbons (Fsp3) is 0.458. The van der Waals surface area contributed by atoms with Gasteiger partial charge in [0.2, 0.25) is 15.9 Å². The van der Waals surface area contributed by atoms with E-state index in [1.807, 2.05) is 51.1 Å². The molecule has 0 aliphatic carbocycles. The average Bonchev–Trinajstić information content (AvgIpc) is 2.77. The average molecular weight is 445 g/mol. The number of aryl methyl sites for hydroxylation is 1. The summed E-state index contributed by atoms with van der Waals surface area (Å²) < 4.78 is 33.4. The molecule has 0 aromatic heterocycles. The number of rotatable bonds is 7. The molecule has 31 heavy (non-hydrogen) atoms. The zero-order valence-corrected chi connectivity index (χ0v) is 19.5. The van der Waals surface area contributed by atoms with E-state index in [1.165, 1.54) is 11.4 Å². The molecular weight excluding hydrogens is 412 g/mol. The lowest BCUT2D eigenvalue weighted by atomic mass is 9.97. The Bertz CT molecular complexity index is 1030. The molecule has 2 aromatic rings. The lowest BCUT2D eigenvalue weighted by Gasteiger charge is -2.31. The Kier molecular flexibility index (Phi) is 7.38. The summed E-state index contributed by atoms with van der Waals surface area (Å²) in [7, 11) is -2.21. The van der Waals surface area contributed by atoms with E-state index in [9.17, 15) is 13.2 Å². The van der Waals surface area contributed by atoms with Crippen LogP contribution in [0.1, 0.15) is 49.3 Å². The molecule has 1 saturated heterocycles. The van der Waals surface area contributed by atoms with Crippen LogP contribution in [0.25, 0.3) is 0 Å². The fourth-order valence-corrected chi connectivity index (χ4v) is 5.57. The van der Waals surface area contributed by atoms with E-state index < -0.39 is 10.0 Å². The second-order valence-corrected chi connectivity index (χ2v) is 10.4. The van der Waals surface area contributed by atoms with Crippen LogP contribution in [-0.4, -0.2) is 38.8 Å². The van der Waals surface area contributed by atoms with Gasteiger partial charge in [-0.05, 0) is 48.9 Å². The van der Waals surface area contributed by atoms with Crippen LogP contribution >= 0.6 is 0 Å². The Morgan fingerprint density at radius 2 is 1.87 bits per heavy atom. The van der Waals surface area contributed by atoms with E-state index in [-0.39, 0.29) is 22.6 Å². The maximum Gasteiger partial charge on any atom is 0.246 e. The second kappa shape index (κ2) is 9.83. The normalized spacial score (nSPS) is 15.8. The molecule has 7 heteroatoms. The van der Waals surface area contributed by atoms with Gasteiger partial charge in [0.1, 0.15) is 10.6 Å². The molecule has 0 bridgehead atoms. The van der Waals surface area contributed by atoms with Gasteiger partial charge in [-0.2, -0.15) is 4.31 Å². The first kappa shape index (κ1) is 23.3. The first-order valence-corrected chi connectivity index (χ1v) is 12.2. The van der Waals surface area contributed by atoms with E-state index in [0.717, 1.165) is 16.7 Å². The number of carbonyl (C=O) groups is 1. The molecule has 6 nitrogen and oxygen atoms in total. The van der Waals surface area contributed by atoms with Gasteiger partial charge in [0.15, 0.2) is 0 Å². The van der Waals surface area contributed by atoms with E-state index >= 15 is 0 Å². The number of benzene rings is 2. The summed E-state index contributed by atoms with van der Waals surface area (Å²) in [5, 5.41) is 2.99. The zero-order valence-electron chi connectivity index (χ0n) is 18.7. The van der Waals surface area contributed by atoms with Crippen molar-refractivity contribution in [1.82, 2.24) is 9.62 Å². The minimum Gasteiger partial charge on any atom is -0.495 e. The minimum absolute atomic E-state index is 0.0158. The standard InChI is InChI=1S/C24H32N2O4S/c1-17(2)21-8-9-22(30-4)23(15-21)31(28,29)26-12-10-20(11-13-26)24(27)25-16-19-7-5-6-18(3)14-19/h5-9,14-15,17,20H,10-13,16H2,1-4H3,(H,25,27). The highest BCUT2D eigenvalue weighted by Gasteiger charge is 2.34. The molecule has 2 aromatic carbocycles. The van der Waals surface area contributed by atoms with Crippen LogP contribution in [0.3, 0.4) is 0 Å². The van der Waals surface area contributed by atoms with Crippen molar-refractivity contribution in [3.8, 4) is 5.75 Å². The number of ether oxygens (including phenoxy) is 1. The number of hydrogen-bond acceptors (Lipinski definition) is 4. The molecule has 1 amide bonds. The number of nitrogens with zero attached hydrogens (tertiary/aromatic N) is 1. The van der Waals surface area contributed by atoms with Crippen LogP contribution < -0.4 is 10.1 Å². The highest BCUT2D eigenvalue weighted by atomic mass is 32.2. The molecule has 0 unspecified atom stereocenters. The number of methoxy groups -OCH3 is 1. The topological polar surface area (TPSA) is 75.7 Å². The number of amides is 1. The molecule has 0 spiro atoms. The second-order valence-electron chi connectivity index (χ2n) is 8.45. The molecule has 1 aliphatic heterocycles. The van der Waals surface area contributed by atoms with Gasteiger partial charge in [0.25, 0.3) is 0 Å². The highest BCUT2D eigenvalue weighted by Crippen LogP contribution is 2.32. The predicted molar refractivity (Wildman–Crippen MR) is 122 cm³/mol. The van der Waals surface area contributed by atoms with Crippen LogP contribution in [0, 0.1) is 12.8 Å². The van der Waals surface area contributed by atoms with Crippen molar-refractivity contribution < 1.29 is 17.9 Å². The Morgan fingerprint density at radius 3 is 2.48 bits per heavy atom. The lowest BCUT2D eigenvalue weighted by molar-refractivity contribution is -0.126. The van der Waals surface area contributed by atoms with Crippen molar-refractivity contribution in [2.75, 3.05) is 20.2 Å². The van der Waals surface area contributed by atoms with Gasteiger partial charge in [0, 0.05) is 25.6 Å². The maximum absolute atomic E-state index is 13.3. The van der Waals surface area contributed by atoms with Crippen molar-refractivity contribution >= 4 is 15.9 Å². The molecule has 0 saturated carbocycles. The third-order valence-corrected chi connectivity index (χ3v) is 7.77. The van der Waals surface area contributed by atoms with Crippen LogP contribution in [0.15, 0.2) is 47.4 Å². The Hall–Kier alpha value is -2.38. The molecule has 1 heterocycles. The van der Waals surface area contributed by atoms with Gasteiger partial charge >= 0.3 is 0 Å². The smallest absolute Gasteiger partial charge is 0.246 e. The van der Waals surface area contributed by atoms with Crippen molar-refractivity contribution in [3.63, 3.8) is 0 Å². The van der Waals surface area contributed by atoms with Crippen LogP contribution in [0.5, 0.6) is 5.75 Å². The van der Waals surface area contributed by atoms with Crippen LogP contribution in [-0.2, 0) is 21.4 Å². The van der Waals surface area contributed by atoms with E-state index in [1.54, 1.807) is 12.1 Å². The van der Waals surface area contributed by atoms with Gasteiger partial charge in [-0.15, -0.1) is 0 Å². The van der Waals surface area contributed by atoms with E-state index in [2.05, 4.69) is 5.32 Å². The molecule has 0 atom stereocenters. The monoisotopic (exact) mass is 444 g/mol. The molecule has 1 fully saturated rings. The quantitative estimate of drug-likeness (QED) is 0.704. The summed E-state index contributed by atoms with van der Waals surface area (Å²) in [6, 6.07) is 13.4. The van der Waals surface area contributed by atoms with Crippen LogP contribution in [0.2, 0.25) is 0 Å². The number of nitrogens with one attached hydrogen (secondary N) is 1. The number of hydrogen-bond donors (Lipinski definition) is 1. The van der Waals surface area contributed by atoms with Crippen LogP contribution in [0.4, 0.5) is 0 Å². The summed E-state index contributed by atoms with van der Waals surface area (Å²) in [6.07, 6.45) is 1.01. The van der Waals surface area contributed by atoms with Crippen molar-refractivity contribution in [3.05, 3.63) is 59.2 Å². The number of carbonyl (C=O) groups excluding carboxylic acids is 1. The number of piperidine rings is 1. The summed E-state index contributed by atoms with van der Waals surface area (Å²) in [5.41, 5.74) is 3.16. The Morgan fingerprint density at radius 1 is 1.16 bits per heavy atom. The Balaban J connectivity index is 1.64. The van der Waals surface area contributed by atoms with E-state index in [0.29, 0.717) is 38.2 Å². The SMILES string of the molecule is COc1ccc(C(C)C)cc1S(=O)(=O)N1CCC(C(=O)NCc2cccc(C)c2)CC1. The summed E-state index contributed by atoms with van der Waals surface area (Å²) >= 11 is 0. The molecule has 168 valence electrons. The van der Waals surface area contributed by atoms with Gasteiger partial charge in [-0.1, -0.05) is 49.7 Å². The zero-order chi connectivity index (χ0) is 22.6. The largest absolute Gasteiger partial charge is 0.495 e. The van der Waals surface area contributed by atoms with Crippen molar-refractivity contribution in [2.24, 2.45) is 5.92 Å². The highest BCUT2D eigenvalue weighted by molar-refractivity contribution is 7.89. The minimum atomic E-state index is -3.69. The van der Waals surface area contributed by atoms with Crippen molar-refractivity contribution in [2.45, 2.75) is 51.0 Å². The van der Waals surface area contributed by atoms with Crippen molar-refractivity contribution in [1.29, 1.82) is 0 Å². The first-order chi connectivity index (χ1) is 14.7. The third kappa shape index (κ3) is 5.46. The summed E-state index contributed by atoms with van der Waals surface area (Å²) in [5.74, 6) is 0.364. The van der Waals surface area contributed by atoms with Gasteiger partial charge in [-0.25, -0.2) is 8.42 Å².